The molecule has 2 N–H and O–H groups in total. The number of carbonyl (C=O) groups is 3. The summed E-state index contributed by atoms with van der Waals surface area (Å²) in [5, 5.41) is 11.6. The van der Waals surface area contributed by atoms with Crippen molar-refractivity contribution in [3.05, 3.63) is 53.2 Å². The Morgan fingerprint density at radius 1 is 1.11 bits per heavy atom. The highest BCUT2D eigenvalue weighted by atomic mass is 19.3. The van der Waals surface area contributed by atoms with Gasteiger partial charge in [-0.05, 0) is 43.0 Å². The van der Waals surface area contributed by atoms with Crippen LogP contribution in [0.25, 0.3) is 0 Å². The number of hydrogen-bond donors (Lipinski definition) is 2. The number of ether oxygens (including phenoxy) is 2. The number of aryl methyl sites for hydroxylation is 1. The van der Waals surface area contributed by atoms with E-state index < -0.39 is 42.0 Å². The highest BCUT2D eigenvalue weighted by Gasteiger charge is 2.54. The molecule has 0 radical (unpaired) electrons. The summed E-state index contributed by atoms with van der Waals surface area (Å²) >= 11 is 0. The van der Waals surface area contributed by atoms with E-state index in [1.54, 1.807) is 25.1 Å². The van der Waals surface area contributed by atoms with Gasteiger partial charge < -0.3 is 24.8 Å². The van der Waals surface area contributed by atoms with Gasteiger partial charge in [-0.1, -0.05) is 38.1 Å². The van der Waals surface area contributed by atoms with Crippen molar-refractivity contribution < 1.29 is 37.7 Å². The van der Waals surface area contributed by atoms with E-state index in [0.717, 1.165) is 5.56 Å². The number of amides is 2. The average molecular weight is 491 g/mol. The molecule has 11 heteroatoms. The summed E-state index contributed by atoms with van der Waals surface area (Å²) in [4.78, 5) is 42.3. The van der Waals surface area contributed by atoms with Crippen molar-refractivity contribution in [2.45, 2.75) is 51.7 Å². The maximum atomic E-state index is 13.7. The molecule has 0 spiro atoms. The van der Waals surface area contributed by atoms with Crippen molar-refractivity contribution in [2.24, 2.45) is 0 Å². The van der Waals surface area contributed by atoms with Gasteiger partial charge in [0.2, 0.25) is 11.8 Å². The van der Waals surface area contributed by atoms with E-state index in [1.165, 1.54) is 17.9 Å². The van der Waals surface area contributed by atoms with Crippen molar-refractivity contribution in [1.82, 2.24) is 9.88 Å². The van der Waals surface area contributed by atoms with E-state index in [2.05, 4.69) is 15.0 Å². The molecule has 2 aromatic rings. The number of benzene rings is 1. The second kappa shape index (κ2) is 10.2. The van der Waals surface area contributed by atoms with Gasteiger partial charge in [0.15, 0.2) is 6.10 Å². The van der Waals surface area contributed by atoms with Crippen LogP contribution in [-0.2, 0) is 19.7 Å². The largest absolute Gasteiger partial charge is 0.479 e. The zero-order valence-corrected chi connectivity index (χ0v) is 19.7. The number of carboxylic acid groups (broad SMARTS) is 1. The molecule has 0 unspecified atom stereocenters. The molecular weight excluding hydrogens is 464 g/mol. The first-order chi connectivity index (χ1) is 16.4. The number of halogens is 2. The van der Waals surface area contributed by atoms with E-state index in [-0.39, 0.29) is 24.7 Å². The monoisotopic (exact) mass is 491 g/mol. The van der Waals surface area contributed by atoms with E-state index >= 15 is 0 Å². The Balaban J connectivity index is 1.95. The molecule has 9 nitrogen and oxygen atoms in total. The summed E-state index contributed by atoms with van der Waals surface area (Å²) < 4.78 is 35.3. The lowest BCUT2D eigenvalue weighted by Crippen LogP contribution is -2.67. The third-order valence-electron chi connectivity index (χ3n) is 5.79. The standard InChI is InChI=1S/C24H27F2N3O6/c1-13(2)16-7-5-6-8-17(16)24(11-29(12-24)23(33)34-15(4)20(30)31)21(32)28-18-10-9-14(3)27-19(18)35-22(25)26/h5-10,13,15,22H,11-12H2,1-4H3,(H,28,32)(H,30,31)/t15-/m1/s1. The molecule has 2 amide bonds. The van der Waals surface area contributed by atoms with Crippen molar-refractivity contribution in [1.29, 1.82) is 0 Å². The molecule has 1 fully saturated rings. The first kappa shape index (κ1) is 25.9. The van der Waals surface area contributed by atoms with Gasteiger partial charge >= 0.3 is 18.7 Å². The Morgan fingerprint density at radius 3 is 2.37 bits per heavy atom. The second-order valence-electron chi connectivity index (χ2n) is 8.68. The molecule has 3 rings (SSSR count). The second-order valence-corrected chi connectivity index (χ2v) is 8.68. The van der Waals surface area contributed by atoms with Gasteiger partial charge in [-0.3, -0.25) is 4.79 Å². The van der Waals surface area contributed by atoms with Crippen LogP contribution in [0.15, 0.2) is 36.4 Å². The predicted octanol–water partition coefficient (Wildman–Crippen LogP) is 3.92. The fourth-order valence-corrected chi connectivity index (χ4v) is 3.93. The molecule has 1 aliphatic heterocycles. The molecule has 1 saturated heterocycles. The quantitative estimate of drug-likeness (QED) is 0.575. The van der Waals surface area contributed by atoms with Crippen LogP contribution in [0.2, 0.25) is 0 Å². The first-order valence-corrected chi connectivity index (χ1v) is 11.0. The fourth-order valence-electron chi connectivity index (χ4n) is 3.93. The van der Waals surface area contributed by atoms with E-state index in [0.29, 0.717) is 11.3 Å². The van der Waals surface area contributed by atoms with Crippen LogP contribution in [-0.4, -0.2) is 58.8 Å². The molecule has 35 heavy (non-hydrogen) atoms. The van der Waals surface area contributed by atoms with Gasteiger partial charge in [0.05, 0.1) is 0 Å². The Kier molecular flexibility index (Phi) is 7.57. The number of aromatic nitrogens is 1. The summed E-state index contributed by atoms with van der Waals surface area (Å²) in [6.07, 6.45) is -2.23. The van der Waals surface area contributed by atoms with E-state index in [4.69, 9.17) is 9.84 Å². The predicted molar refractivity (Wildman–Crippen MR) is 122 cm³/mol. The maximum absolute atomic E-state index is 13.7. The minimum absolute atomic E-state index is 0.0390. The van der Waals surface area contributed by atoms with Gasteiger partial charge in [-0.15, -0.1) is 0 Å². The van der Waals surface area contributed by atoms with Gasteiger partial charge in [0.1, 0.15) is 11.1 Å². The third kappa shape index (κ3) is 5.50. The SMILES string of the molecule is Cc1ccc(NC(=O)C2(c3ccccc3C(C)C)CN(C(=O)O[C@H](C)C(=O)O)C2)c(OC(F)F)n1. The zero-order valence-electron chi connectivity index (χ0n) is 19.7. The van der Waals surface area contributed by atoms with Crippen LogP contribution >= 0.6 is 0 Å². The Bertz CT molecular complexity index is 1120. The Hall–Kier alpha value is -3.76. The van der Waals surface area contributed by atoms with Crippen molar-refractivity contribution in [3.63, 3.8) is 0 Å². The minimum atomic E-state index is -3.14. The van der Waals surface area contributed by atoms with Crippen LogP contribution in [0.1, 0.15) is 43.5 Å². The van der Waals surface area contributed by atoms with Gasteiger partial charge in [-0.2, -0.15) is 8.78 Å². The molecule has 1 aliphatic rings. The van der Waals surface area contributed by atoms with E-state index in [1.807, 2.05) is 26.0 Å². The number of aliphatic carboxylic acids is 1. The van der Waals surface area contributed by atoms with Crippen molar-refractivity contribution in [2.75, 3.05) is 18.4 Å². The summed E-state index contributed by atoms with van der Waals surface area (Å²) in [5.41, 5.74) is 0.686. The van der Waals surface area contributed by atoms with Gasteiger partial charge in [0.25, 0.3) is 0 Å². The summed E-state index contributed by atoms with van der Waals surface area (Å²) in [7, 11) is 0. The number of nitrogens with one attached hydrogen (secondary N) is 1. The van der Waals surface area contributed by atoms with Gasteiger partial charge in [-0.25, -0.2) is 14.6 Å². The molecule has 0 saturated carbocycles. The summed E-state index contributed by atoms with van der Waals surface area (Å²) in [6, 6.07) is 10.2. The molecular formula is C24H27F2N3O6. The Morgan fingerprint density at radius 2 is 1.77 bits per heavy atom. The fraction of sp³-hybridized carbons (Fsp3) is 0.417. The number of anilines is 1. The van der Waals surface area contributed by atoms with Crippen LogP contribution in [0.5, 0.6) is 5.88 Å². The molecule has 0 aliphatic carbocycles. The molecule has 0 bridgehead atoms. The summed E-state index contributed by atoms with van der Waals surface area (Å²) in [5.74, 6) is -2.23. The molecule has 188 valence electrons. The van der Waals surface area contributed by atoms with Gasteiger partial charge in [0, 0.05) is 18.8 Å². The lowest BCUT2D eigenvalue weighted by Gasteiger charge is -2.49. The highest BCUT2D eigenvalue weighted by Crippen LogP contribution is 2.41. The normalized spacial score (nSPS) is 15.4. The lowest BCUT2D eigenvalue weighted by atomic mass is 9.70. The number of rotatable bonds is 8. The maximum Gasteiger partial charge on any atom is 0.410 e. The minimum Gasteiger partial charge on any atom is -0.479 e. The number of hydrogen-bond acceptors (Lipinski definition) is 6. The summed E-state index contributed by atoms with van der Waals surface area (Å²) in [6.45, 7) is 3.40. The van der Waals surface area contributed by atoms with Crippen molar-refractivity contribution in [3.8, 4) is 5.88 Å². The number of carboxylic acids is 1. The average Bonchev–Trinajstić information content (AvgIpc) is 2.74. The molecule has 1 aromatic heterocycles. The smallest absolute Gasteiger partial charge is 0.410 e. The zero-order chi connectivity index (χ0) is 25.9. The number of nitrogens with zero attached hydrogens (tertiary/aromatic N) is 2. The van der Waals surface area contributed by atoms with Crippen LogP contribution in [0.4, 0.5) is 19.3 Å². The first-order valence-electron chi connectivity index (χ1n) is 11.0. The van der Waals surface area contributed by atoms with Crippen LogP contribution < -0.4 is 10.1 Å². The number of carbonyl (C=O) groups excluding carboxylic acids is 2. The van der Waals surface area contributed by atoms with E-state index in [9.17, 15) is 23.2 Å². The molecule has 1 atom stereocenters. The Labute approximate surface area is 201 Å². The number of alkyl halides is 2. The van der Waals surface area contributed by atoms with Crippen LogP contribution in [0.3, 0.4) is 0 Å². The highest BCUT2D eigenvalue weighted by molar-refractivity contribution is 6.02. The topological polar surface area (TPSA) is 118 Å². The number of pyridine rings is 1. The molecule has 1 aromatic carbocycles. The van der Waals surface area contributed by atoms with Crippen LogP contribution in [0, 0.1) is 6.92 Å². The molecule has 2 heterocycles. The lowest BCUT2D eigenvalue weighted by molar-refractivity contribution is -0.147. The number of likely N-dealkylation sites (tertiary alicyclic amines) is 1. The third-order valence-corrected chi connectivity index (χ3v) is 5.79. The van der Waals surface area contributed by atoms with Crippen molar-refractivity contribution >= 4 is 23.7 Å².